The van der Waals surface area contributed by atoms with Gasteiger partial charge in [-0.25, -0.2) is 4.79 Å². The number of benzene rings is 1. The molecule has 2 unspecified atom stereocenters. The van der Waals surface area contributed by atoms with Gasteiger partial charge in [0.15, 0.2) is 0 Å². The van der Waals surface area contributed by atoms with E-state index in [1.165, 1.54) is 0 Å². The van der Waals surface area contributed by atoms with Gasteiger partial charge in [0.2, 0.25) is 5.91 Å². The van der Waals surface area contributed by atoms with Crippen LogP contribution < -0.4 is 15.4 Å². The Balaban J connectivity index is 2.20. The summed E-state index contributed by atoms with van der Waals surface area (Å²) in [7, 11) is 1.63. The highest BCUT2D eigenvalue weighted by molar-refractivity contribution is 5.83. The first kappa shape index (κ1) is 20.1. The van der Waals surface area contributed by atoms with Crippen LogP contribution in [0.4, 0.5) is 4.79 Å². The predicted molar refractivity (Wildman–Crippen MR) is 102 cm³/mol. The molecule has 0 spiro atoms. The Morgan fingerprint density at radius 2 is 1.96 bits per heavy atom. The molecule has 0 bridgehead atoms. The summed E-state index contributed by atoms with van der Waals surface area (Å²) in [6.07, 6.45) is 0.942. The maximum absolute atomic E-state index is 12.8. The Morgan fingerprint density at radius 3 is 2.62 bits per heavy atom. The summed E-state index contributed by atoms with van der Waals surface area (Å²) < 4.78 is 5.49. The molecule has 6 heteroatoms. The topological polar surface area (TPSA) is 70.7 Å². The number of urea groups is 1. The molecule has 0 aliphatic carbocycles. The van der Waals surface area contributed by atoms with Crippen molar-refractivity contribution >= 4 is 11.9 Å². The van der Waals surface area contributed by atoms with Gasteiger partial charge >= 0.3 is 6.03 Å². The van der Waals surface area contributed by atoms with Crippen molar-refractivity contribution < 1.29 is 14.3 Å². The Bertz CT molecular complexity index is 618. The normalized spacial score (nSPS) is 19.5. The van der Waals surface area contributed by atoms with Crippen molar-refractivity contribution in [1.82, 2.24) is 15.5 Å². The van der Waals surface area contributed by atoms with Crippen LogP contribution in [0, 0.1) is 11.8 Å². The molecule has 1 aromatic carbocycles. The lowest BCUT2D eigenvalue weighted by Crippen LogP contribution is -2.40. The maximum atomic E-state index is 12.8. The van der Waals surface area contributed by atoms with Crippen LogP contribution in [0.2, 0.25) is 0 Å². The first-order valence-corrected chi connectivity index (χ1v) is 9.41. The van der Waals surface area contributed by atoms with Gasteiger partial charge in [-0.1, -0.05) is 32.0 Å². The minimum absolute atomic E-state index is 0.00774. The molecule has 3 amide bonds. The van der Waals surface area contributed by atoms with Gasteiger partial charge in [-0.05, 0) is 30.9 Å². The number of methoxy groups -OCH3 is 1. The van der Waals surface area contributed by atoms with Gasteiger partial charge in [-0.15, -0.1) is 0 Å². The number of para-hydroxylation sites is 1. The zero-order chi connectivity index (χ0) is 19.1. The lowest BCUT2D eigenvalue weighted by molar-refractivity contribution is -0.124. The number of rotatable bonds is 7. The summed E-state index contributed by atoms with van der Waals surface area (Å²) in [6.45, 7) is 8.32. The second-order valence-electron chi connectivity index (χ2n) is 7.17. The number of carbonyl (C=O) groups excluding carboxylic acids is 2. The summed E-state index contributed by atoms with van der Waals surface area (Å²) in [5.41, 5.74) is 0.978. The second kappa shape index (κ2) is 9.46. The van der Waals surface area contributed by atoms with Gasteiger partial charge < -0.3 is 20.3 Å². The molecule has 0 saturated carbocycles. The van der Waals surface area contributed by atoms with Crippen LogP contribution in [0.15, 0.2) is 24.3 Å². The number of likely N-dealkylation sites (tertiary alicyclic amines) is 1. The quantitative estimate of drug-likeness (QED) is 0.784. The summed E-state index contributed by atoms with van der Waals surface area (Å²) in [5, 5.41) is 5.88. The molecule has 1 heterocycles. The molecule has 144 valence electrons. The monoisotopic (exact) mass is 361 g/mol. The van der Waals surface area contributed by atoms with Crippen LogP contribution in [0.1, 0.15) is 38.7 Å². The SMILES string of the molecule is CCNC(=O)N1CC(C(=O)NCCC(C)C)C(c2ccccc2OC)C1. The zero-order valence-electron chi connectivity index (χ0n) is 16.2. The van der Waals surface area contributed by atoms with E-state index in [0.29, 0.717) is 32.1 Å². The van der Waals surface area contributed by atoms with Gasteiger partial charge in [0.1, 0.15) is 5.75 Å². The first-order chi connectivity index (χ1) is 12.5. The van der Waals surface area contributed by atoms with Gasteiger partial charge in [-0.2, -0.15) is 0 Å². The number of hydrogen-bond acceptors (Lipinski definition) is 3. The summed E-state index contributed by atoms with van der Waals surface area (Å²) in [5.74, 6) is 0.952. The van der Waals surface area contributed by atoms with Gasteiger partial charge in [0.05, 0.1) is 13.0 Å². The lowest BCUT2D eigenvalue weighted by Gasteiger charge is -2.20. The standard InChI is InChI=1S/C20H31N3O3/c1-5-21-20(25)23-12-16(15-8-6-7-9-18(15)26-4)17(13-23)19(24)22-11-10-14(2)3/h6-9,14,16-17H,5,10-13H2,1-4H3,(H,21,25)(H,22,24). The smallest absolute Gasteiger partial charge is 0.317 e. The molecule has 2 rings (SSSR count). The molecule has 2 N–H and O–H groups in total. The number of nitrogens with one attached hydrogen (secondary N) is 2. The van der Waals surface area contributed by atoms with Gasteiger partial charge in [-0.3, -0.25) is 4.79 Å². The fourth-order valence-corrected chi connectivity index (χ4v) is 3.40. The molecule has 1 saturated heterocycles. The Morgan fingerprint density at radius 1 is 1.23 bits per heavy atom. The van der Waals surface area contributed by atoms with Crippen LogP contribution >= 0.6 is 0 Å². The third-order valence-corrected chi connectivity index (χ3v) is 4.83. The maximum Gasteiger partial charge on any atom is 0.317 e. The van der Waals surface area contributed by atoms with Crippen molar-refractivity contribution in [3.63, 3.8) is 0 Å². The van der Waals surface area contributed by atoms with Crippen LogP contribution in [0.25, 0.3) is 0 Å². The van der Waals surface area contributed by atoms with Crippen molar-refractivity contribution in [2.45, 2.75) is 33.1 Å². The Kier molecular flexibility index (Phi) is 7.30. The van der Waals surface area contributed by atoms with E-state index in [1.807, 2.05) is 31.2 Å². The number of nitrogens with zero attached hydrogens (tertiary/aromatic N) is 1. The molecule has 6 nitrogen and oxygen atoms in total. The molecule has 0 radical (unpaired) electrons. The van der Waals surface area contributed by atoms with Crippen LogP contribution in [-0.2, 0) is 4.79 Å². The third kappa shape index (κ3) is 4.90. The molecule has 1 aliphatic rings. The van der Waals surface area contributed by atoms with Gasteiger partial charge in [0, 0.05) is 32.1 Å². The Hall–Kier alpha value is -2.24. The molecule has 0 aromatic heterocycles. The van der Waals surface area contributed by atoms with Crippen molar-refractivity contribution in [3.05, 3.63) is 29.8 Å². The second-order valence-corrected chi connectivity index (χ2v) is 7.17. The zero-order valence-corrected chi connectivity index (χ0v) is 16.2. The number of amides is 3. The highest BCUT2D eigenvalue weighted by Crippen LogP contribution is 2.37. The largest absolute Gasteiger partial charge is 0.496 e. The van der Waals surface area contributed by atoms with Crippen molar-refractivity contribution in [3.8, 4) is 5.75 Å². The van der Waals surface area contributed by atoms with E-state index >= 15 is 0 Å². The van der Waals surface area contributed by atoms with E-state index < -0.39 is 0 Å². The molecule has 2 atom stereocenters. The average Bonchev–Trinajstić information content (AvgIpc) is 3.07. The molecule has 1 aromatic rings. The summed E-state index contributed by atoms with van der Waals surface area (Å²) in [6, 6.07) is 7.62. The van der Waals surface area contributed by atoms with Crippen LogP contribution in [0.3, 0.4) is 0 Å². The molecule has 1 fully saturated rings. The predicted octanol–water partition coefficient (Wildman–Crippen LogP) is 2.60. The molecule has 1 aliphatic heterocycles. The van der Waals surface area contributed by atoms with Crippen molar-refractivity contribution in [2.24, 2.45) is 11.8 Å². The average molecular weight is 361 g/mol. The van der Waals surface area contributed by atoms with Crippen LogP contribution in [0.5, 0.6) is 5.75 Å². The third-order valence-electron chi connectivity index (χ3n) is 4.83. The van der Waals surface area contributed by atoms with Crippen molar-refractivity contribution in [2.75, 3.05) is 33.3 Å². The molecular formula is C20H31N3O3. The van der Waals surface area contributed by atoms with E-state index in [0.717, 1.165) is 17.7 Å². The highest BCUT2D eigenvalue weighted by atomic mass is 16.5. The fourth-order valence-electron chi connectivity index (χ4n) is 3.40. The Labute approximate surface area is 156 Å². The molecule has 26 heavy (non-hydrogen) atoms. The lowest BCUT2D eigenvalue weighted by atomic mass is 9.87. The minimum atomic E-state index is -0.277. The van der Waals surface area contributed by atoms with E-state index in [2.05, 4.69) is 24.5 Å². The molecular weight excluding hydrogens is 330 g/mol. The van der Waals surface area contributed by atoms with E-state index in [-0.39, 0.29) is 23.8 Å². The van der Waals surface area contributed by atoms with E-state index in [1.54, 1.807) is 12.0 Å². The summed E-state index contributed by atoms with van der Waals surface area (Å²) >= 11 is 0. The summed E-state index contributed by atoms with van der Waals surface area (Å²) in [4.78, 5) is 26.9. The minimum Gasteiger partial charge on any atom is -0.496 e. The van der Waals surface area contributed by atoms with Crippen molar-refractivity contribution in [1.29, 1.82) is 0 Å². The van der Waals surface area contributed by atoms with Crippen LogP contribution in [-0.4, -0.2) is 50.1 Å². The fraction of sp³-hybridized carbons (Fsp3) is 0.600. The van der Waals surface area contributed by atoms with Gasteiger partial charge in [0.25, 0.3) is 0 Å². The first-order valence-electron chi connectivity index (χ1n) is 9.41. The van der Waals surface area contributed by atoms with E-state index in [9.17, 15) is 9.59 Å². The van der Waals surface area contributed by atoms with E-state index in [4.69, 9.17) is 4.74 Å². The highest BCUT2D eigenvalue weighted by Gasteiger charge is 2.41. The number of ether oxygens (including phenoxy) is 1. The number of carbonyl (C=O) groups is 2. The number of hydrogen-bond donors (Lipinski definition) is 2.